The Morgan fingerprint density at radius 3 is 2.55 bits per heavy atom. The van der Waals surface area contributed by atoms with E-state index in [4.69, 9.17) is 4.74 Å². The van der Waals surface area contributed by atoms with Gasteiger partial charge in [-0.3, -0.25) is 4.99 Å². The fraction of sp³-hybridized carbons (Fsp3) is 0.529. The van der Waals surface area contributed by atoms with Gasteiger partial charge in [-0.05, 0) is 25.5 Å². The second-order valence-electron chi connectivity index (χ2n) is 5.69. The van der Waals surface area contributed by atoms with Gasteiger partial charge in [-0.1, -0.05) is 45.7 Å². The lowest BCUT2D eigenvalue weighted by Crippen LogP contribution is -2.21. The van der Waals surface area contributed by atoms with Crippen molar-refractivity contribution >= 4 is 17.4 Å². The van der Waals surface area contributed by atoms with E-state index in [2.05, 4.69) is 25.8 Å². The summed E-state index contributed by atoms with van der Waals surface area (Å²) in [6.07, 6.45) is 3.45. The van der Waals surface area contributed by atoms with Crippen LogP contribution in [0.4, 0.5) is 5.69 Å². The lowest BCUT2D eigenvalue weighted by atomic mass is 9.83. The van der Waals surface area contributed by atoms with E-state index in [0.29, 0.717) is 11.3 Å². The number of ether oxygens (including phenoxy) is 1. The van der Waals surface area contributed by atoms with Gasteiger partial charge in [0.2, 0.25) is 0 Å². The Morgan fingerprint density at radius 2 is 1.95 bits per heavy atom. The molecule has 0 aromatic heterocycles. The Morgan fingerprint density at radius 1 is 1.30 bits per heavy atom. The summed E-state index contributed by atoms with van der Waals surface area (Å²) in [6, 6.07) is 7.31. The quantitative estimate of drug-likeness (QED) is 0.553. The summed E-state index contributed by atoms with van der Waals surface area (Å²) in [6.45, 7) is 8.61. The van der Waals surface area contributed by atoms with Gasteiger partial charge in [0, 0.05) is 11.1 Å². The topological polar surface area (TPSA) is 38.7 Å². The van der Waals surface area contributed by atoms with Crippen LogP contribution in [0.5, 0.6) is 0 Å². The van der Waals surface area contributed by atoms with Crippen LogP contribution in [0.3, 0.4) is 0 Å². The van der Waals surface area contributed by atoms with E-state index in [1.807, 2.05) is 25.1 Å². The van der Waals surface area contributed by atoms with Gasteiger partial charge in [0.1, 0.15) is 0 Å². The molecular weight excluding hydrogens is 250 g/mol. The van der Waals surface area contributed by atoms with Crippen LogP contribution in [0.1, 0.15) is 57.3 Å². The van der Waals surface area contributed by atoms with Crippen LogP contribution < -0.4 is 0 Å². The highest BCUT2D eigenvalue weighted by Gasteiger charge is 2.21. The monoisotopic (exact) mass is 275 g/mol. The van der Waals surface area contributed by atoms with E-state index in [9.17, 15) is 4.79 Å². The van der Waals surface area contributed by atoms with E-state index in [0.717, 1.165) is 12.1 Å². The molecule has 0 aliphatic heterocycles. The van der Waals surface area contributed by atoms with Gasteiger partial charge >= 0.3 is 5.97 Å². The highest BCUT2D eigenvalue weighted by molar-refractivity contribution is 5.97. The number of aliphatic imine (C=N–C) groups is 1. The van der Waals surface area contributed by atoms with Crippen molar-refractivity contribution in [2.45, 2.75) is 47.0 Å². The molecule has 0 saturated carbocycles. The van der Waals surface area contributed by atoms with E-state index in [-0.39, 0.29) is 11.4 Å². The summed E-state index contributed by atoms with van der Waals surface area (Å²) in [7, 11) is 1.39. The van der Waals surface area contributed by atoms with Crippen molar-refractivity contribution in [3.63, 3.8) is 0 Å². The largest absolute Gasteiger partial charge is 0.465 e. The Bertz CT molecular complexity index is 490. The molecule has 0 fully saturated rings. The summed E-state index contributed by atoms with van der Waals surface area (Å²) in [5.74, 6) is -0.344. The fourth-order valence-corrected chi connectivity index (χ4v) is 1.99. The third-order valence-electron chi connectivity index (χ3n) is 3.73. The normalized spacial score (nSPS) is 12.3. The number of esters is 1. The van der Waals surface area contributed by atoms with E-state index < -0.39 is 0 Å². The van der Waals surface area contributed by atoms with Crippen molar-refractivity contribution in [3.05, 3.63) is 29.8 Å². The molecule has 1 aromatic carbocycles. The molecule has 3 nitrogen and oxygen atoms in total. The van der Waals surface area contributed by atoms with Gasteiger partial charge in [-0.15, -0.1) is 0 Å². The summed E-state index contributed by atoms with van der Waals surface area (Å²) in [5, 5.41) is 0. The zero-order valence-corrected chi connectivity index (χ0v) is 13.2. The molecule has 0 spiro atoms. The molecule has 0 unspecified atom stereocenters. The molecule has 1 rings (SSSR count). The van der Waals surface area contributed by atoms with E-state index in [1.54, 1.807) is 6.07 Å². The highest BCUT2D eigenvalue weighted by Crippen LogP contribution is 2.29. The number of nitrogens with zero attached hydrogens (tertiary/aromatic N) is 1. The number of rotatable bonds is 6. The second-order valence-corrected chi connectivity index (χ2v) is 5.69. The van der Waals surface area contributed by atoms with Crippen LogP contribution in [0.25, 0.3) is 0 Å². The first-order chi connectivity index (χ1) is 9.42. The Labute approximate surface area is 122 Å². The van der Waals surface area contributed by atoms with Crippen LogP contribution in [-0.4, -0.2) is 18.8 Å². The van der Waals surface area contributed by atoms with Crippen molar-refractivity contribution < 1.29 is 9.53 Å². The highest BCUT2D eigenvalue weighted by atomic mass is 16.5. The standard InChI is InChI=1S/C17H25NO2/c1-6-7-12-17(3,4)13(2)18-15-11-9-8-10-14(15)16(19)20-5/h8-11H,6-7,12H2,1-5H3. The molecule has 0 heterocycles. The summed E-state index contributed by atoms with van der Waals surface area (Å²) in [5.41, 5.74) is 2.28. The van der Waals surface area contributed by atoms with Gasteiger partial charge in [-0.2, -0.15) is 0 Å². The van der Waals surface area contributed by atoms with E-state index in [1.165, 1.54) is 20.0 Å². The average Bonchev–Trinajstić information content (AvgIpc) is 2.44. The van der Waals surface area contributed by atoms with Crippen molar-refractivity contribution in [1.29, 1.82) is 0 Å². The third kappa shape index (κ3) is 4.19. The maximum atomic E-state index is 11.7. The van der Waals surface area contributed by atoms with Gasteiger partial charge in [0.05, 0.1) is 18.4 Å². The maximum absolute atomic E-state index is 11.7. The number of benzene rings is 1. The minimum Gasteiger partial charge on any atom is -0.465 e. The predicted octanol–water partition coefficient (Wildman–Crippen LogP) is 4.78. The molecule has 110 valence electrons. The summed E-state index contributed by atoms with van der Waals surface area (Å²) < 4.78 is 4.80. The second kappa shape index (κ2) is 7.22. The van der Waals surface area contributed by atoms with Crippen LogP contribution in [0.15, 0.2) is 29.3 Å². The molecule has 0 aliphatic carbocycles. The zero-order chi connectivity index (χ0) is 15.2. The smallest absolute Gasteiger partial charge is 0.340 e. The molecule has 0 saturated heterocycles. The number of carbonyl (C=O) groups is 1. The van der Waals surface area contributed by atoms with Crippen LogP contribution >= 0.6 is 0 Å². The first-order valence-electron chi connectivity index (χ1n) is 7.15. The number of carbonyl (C=O) groups excluding carboxylic acids is 1. The molecular formula is C17H25NO2. The lowest BCUT2D eigenvalue weighted by Gasteiger charge is -2.24. The summed E-state index contributed by atoms with van der Waals surface area (Å²) in [4.78, 5) is 16.4. The number of hydrogen-bond donors (Lipinski definition) is 0. The zero-order valence-electron chi connectivity index (χ0n) is 13.2. The molecule has 0 radical (unpaired) electrons. The van der Waals surface area contributed by atoms with Crippen LogP contribution in [0, 0.1) is 5.41 Å². The van der Waals surface area contributed by atoms with Gasteiger partial charge in [0.25, 0.3) is 0 Å². The summed E-state index contributed by atoms with van der Waals surface area (Å²) >= 11 is 0. The fourth-order valence-electron chi connectivity index (χ4n) is 1.99. The van der Waals surface area contributed by atoms with Crippen molar-refractivity contribution in [3.8, 4) is 0 Å². The molecule has 20 heavy (non-hydrogen) atoms. The number of unbranched alkanes of at least 4 members (excludes halogenated alkanes) is 1. The number of methoxy groups -OCH3 is 1. The minimum absolute atomic E-state index is 0.0409. The van der Waals surface area contributed by atoms with Crippen LogP contribution in [-0.2, 0) is 4.74 Å². The molecule has 0 aliphatic rings. The Balaban J connectivity index is 3.07. The molecule has 3 heteroatoms. The SMILES string of the molecule is CCCCC(C)(C)C(C)=Nc1ccccc1C(=O)OC. The van der Waals surface area contributed by atoms with Gasteiger partial charge in [0.15, 0.2) is 0 Å². The van der Waals surface area contributed by atoms with Crippen molar-refractivity contribution in [1.82, 2.24) is 0 Å². The predicted molar refractivity (Wildman–Crippen MR) is 83.9 cm³/mol. The van der Waals surface area contributed by atoms with E-state index >= 15 is 0 Å². The third-order valence-corrected chi connectivity index (χ3v) is 3.73. The maximum Gasteiger partial charge on any atom is 0.340 e. The average molecular weight is 275 g/mol. The molecule has 0 N–H and O–H groups in total. The number of para-hydroxylation sites is 1. The van der Waals surface area contributed by atoms with Gasteiger partial charge < -0.3 is 4.74 Å². The Kier molecular flexibility index (Phi) is 5.93. The Hall–Kier alpha value is -1.64. The first-order valence-corrected chi connectivity index (χ1v) is 7.15. The molecule has 1 aromatic rings. The van der Waals surface area contributed by atoms with Gasteiger partial charge in [-0.25, -0.2) is 4.79 Å². The van der Waals surface area contributed by atoms with Crippen molar-refractivity contribution in [2.24, 2.45) is 10.4 Å². The minimum atomic E-state index is -0.344. The first kappa shape index (κ1) is 16.4. The molecule has 0 atom stereocenters. The molecule has 0 amide bonds. The lowest BCUT2D eigenvalue weighted by molar-refractivity contribution is 0.0601. The van der Waals surface area contributed by atoms with Crippen molar-refractivity contribution in [2.75, 3.05) is 7.11 Å². The van der Waals surface area contributed by atoms with Crippen LogP contribution in [0.2, 0.25) is 0 Å². The number of hydrogen-bond acceptors (Lipinski definition) is 3. The molecule has 0 bridgehead atoms.